The van der Waals surface area contributed by atoms with Gasteiger partial charge in [-0.25, -0.2) is 4.79 Å². The first kappa shape index (κ1) is 12.9. The van der Waals surface area contributed by atoms with Crippen LogP contribution in [0.2, 0.25) is 0 Å². The smallest absolute Gasteiger partial charge is 0.352 e. The fraction of sp³-hybridized carbons (Fsp3) is 0.214. The molecule has 4 heteroatoms. The Morgan fingerprint density at radius 1 is 1.22 bits per heavy atom. The molecule has 0 bridgehead atoms. The summed E-state index contributed by atoms with van der Waals surface area (Å²) in [5, 5.41) is 9.17. The first-order valence-corrected chi connectivity index (χ1v) is 6.61. The zero-order valence-electron chi connectivity index (χ0n) is 10.1. The zero-order valence-corrected chi connectivity index (χ0v) is 11.6. The fourth-order valence-electron chi connectivity index (χ4n) is 1.99. The van der Waals surface area contributed by atoms with Gasteiger partial charge in [0.2, 0.25) is 0 Å². The number of carboxylic acid groups (broad SMARTS) is 1. The zero-order chi connectivity index (χ0) is 13.1. The molecule has 0 aliphatic rings. The predicted molar refractivity (Wildman–Crippen MR) is 74.8 cm³/mol. The highest BCUT2D eigenvalue weighted by molar-refractivity contribution is 9.10. The van der Waals surface area contributed by atoms with Crippen molar-refractivity contribution in [3.8, 4) is 11.3 Å². The minimum Gasteiger partial charge on any atom is -0.477 e. The van der Waals surface area contributed by atoms with E-state index in [0.29, 0.717) is 12.2 Å². The van der Waals surface area contributed by atoms with E-state index in [0.717, 1.165) is 22.2 Å². The van der Waals surface area contributed by atoms with Gasteiger partial charge in [0.1, 0.15) is 5.69 Å². The van der Waals surface area contributed by atoms with Gasteiger partial charge >= 0.3 is 5.97 Å². The molecule has 0 amide bonds. The van der Waals surface area contributed by atoms with Crippen LogP contribution >= 0.6 is 15.9 Å². The summed E-state index contributed by atoms with van der Waals surface area (Å²) in [6, 6.07) is 11.4. The Morgan fingerprint density at radius 2 is 1.89 bits per heavy atom. The molecule has 0 radical (unpaired) electrons. The van der Waals surface area contributed by atoms with Crippen LogP contribution in [-0.4, -0.2) is 15.6 Å². The molecule has 3 nitrogen and oxygen atoms in total. The Bertz CT molecular complexity index is 558. The maximum absolute atomic E-state index is 11.2. The van der Waals surface area contributed by atoms with Crippen molar-refractivity contribution in [1.29, 1.82) is 0 Å². The molecule has 0 atom stereocenters. The summed E-state index contributed by atoms with van der Waals surface area (Å²) < 4.78 is 2.87. The molecule has 0 saturated heterocycles. The van der Waals surface area contributed by atoms with E-state index in [4.69, 9.17) is 5.11 Å². The van der Waals surface area contributed by atoms with Crippen molar-refractivity contribution in [2.45, 2.75) is 19.9 Å². The van der Waals surface area contributed by atoms with Crippen molar-refractivity contribution in [3.05, 3.63) is 46.6 Å². The van der Waals surface area contributed by atoms with Crippen LogP contribution in [0.1, 0.15) is 23.8 Å². The molecule has 2 rings (SSSR count). The third kappa shape index (κ3) is 2.48. The number of aromatic carboxylic acids is 1. The van der Waals surface area contributed by atoms with Crippen LogP contribution in [0.4, 0.5) is 0 Å². The number of hydrogen-bond donors (Lipinski definition) is 1. The van der Waals surface area contributed by atoms with E-state index < -0.39 is 5.97 Å². The van der Waals surface area contributed by atoms with Crippen molar-refractivity contribution in [3.63, 3.8) is 0 Å². The summed E-state index contributed by atoms with van der Waals surface area (Å²) in [6.45, 7) is 2.75. The summed E-state index contributed by atoms with van der Waals surface area (Å²) in [7, 11) is 0. The molecule has 1 aromatic carbocycles. The first-order valence-electron chi connectivity index (χ1n) is 5.82. The summed E-state index contributed by atoms with van der Waals surface area (Å²) in [6.07, 6.45) is 0.901. The fourth-order valence-corrected chi connectivity index (χ4v) is 2.26. The second-order valence-electron chi connectivity index (χ2n) is 4.07. The lowest BCUT2D eigenvalue weighted by Gasteiger charge is -2.10. The third-order valence-corrected chi connectivity index (χ3v) is 3.32. The minimum absolute atomic E-state index is 0.342. The predicted octanol–water partition coefficient (Wildman–Crippen LogP) is 4.03. The van der Waals surface area contributed by atoms with E-state index in [1.807, 2.05) is 41.8 Å². The summed E-state index contributed by atoms with van der Waals surface area (Å²) in [5.74, 6) is -0.883. The quantitative estimate of drug-likeness (QED) is 0.926. The van der Waals surface area contributed by atoms with Crippen LogP contribution in [-0.2, 0) is 6.54 Å². The van der Waals surface area contributed by atoms with E-state index in [9.17, 15) is 4.79 Å². The van der Waals surface area contributed by atoms with Gasteiger partial charge in [-0.05, 0) is 36.2 Å². The number of carbonyl (C=O) groups is 1. The summed E-state index contributed by atoms with van der Waals surface area (Å²) in [4.78, 5) is 11.2. The van der Waals surface area contributed by atoms with Crippen LogP contribution < -0.4 is 0 Å². The number of nitrogens with zero attached hydrogens (tertiary/aromatic N) is 1. The van der Waals surface area contributed by atoms with Crippen molar-refractivity contribution in [2.24, 2.45) is 0 Å². The SMILES string of the molecule is CCCn1c(C(=O)O)ccc1-c1ccc(Br)cc1. The van der Waals surface area contributed by atoms with E-state index in [1.165, 1.54) is 0 Å². The molecule has 1 aromatic heterocycles. The van der Waals surface area contributed by atoms with Crippen LogP contribution in [0.15, 0.2) is 40.9 Å². The number of benzene rings is 1. The Balaban J connectivity index is 2.50. The minimum atomic E-state index is -0.883. The Hall–Kier alpha value is -1.55. The molecule has 0 saturated carbocycles. The Morgan fingerprint density at radius 3 is 2.44 bits per heavy atom. The molecule has 18 heavy (non-hydrogen) atoms. The number of aromatic nitrogens is 1. The molecule has 0 aliphatic carbocycles. The third-order valence-electron chi connectivity index (χ3n) is 2.79. The average molecular weight is 308 g/mol. The van der Waals surface area contributed by atoms with E-state index in [1.54, 1.807) is 6.07 Å². The Kier molecular flexibility index (Phi) is 3.87. The van der Waals surface area contributed by atoms with Gasteiger partial charge in [-0.1, -0.05) is 35.0 Å². The van der Waals surface area contributed by atoms with Gasteiger partial charge in [0.05, 0.1) is 0 Å². The molecule has 0 fully saturated rings. The number of halogens is 1. The largest absolute Gasteiger partial charge is 0.477 e. The van der Waals surface area contributed by atoms with Gasteiger partial charge < -0.3 is 9.67 Å². The lowest BCUT2D eigenvalue weighted by molar-refractivity contribution is 0.0685. The van der Waals surface area contributed by atoms with Gasteiger partial charge in [-0.3, -0.25) is 0 Å². The average Bonchev–Trinajstić information content (AvgIpc) is 2.74. The van der Waals surface area contributed by atoms with Crippen molar-refractivity contribution >= 4 is 21.9 Å². The van der Waals surface area contributed by atoms with Crippen molar-refractivity contribution < 1.29 is 9.90 Å². The van der Waals surface area contributed by atoms with Crippen LogP contribution in [0.3, 0.4) is 0 Å². The van der Waals surface area contributed by atoms with Gasteiger partial charge in [-0.15, -0.1) is 0 Å². The maximum atomic E-state index is 11.2. The standard InChI is InChI=1S/C14H14BrNO2/c1-2-9-16-12(7-8-13(16)14(17)18)10-3-5-11(15)6-4-10/h3-8H,2,9H2,1H3,(H,17,18). The lowest BCUT2D eigenvalue weighted by Crippen LogP contribution is -2.09. The monoisotopic (exact) mass is 307 g/mol. The lowest BCUT2D eigenvalue weighted by atomic mass is 10.1. The van der Waals surface area contributed by atoms with Crippen LogP contribution in [0.5, 0.6) is 0 Å². The topological polar surface area (TPSA) is 42.2 Å². The summed E-state index contributed by atoms with van der Waals surface area (Å²) in [5.41, 5.74) is 2.32. The number of carboxylic acids is 1. The molecule has 0 aliphatic heterocycles. The van der Waals surface area contributed by atoms with Gasteiger partial charge in [-0.2, -0.15) is 0 Å². The number of hydrogen-bond acceptors (Lipinski definition) is 1. The van der Waals surface area contributed by atoms with Crippen LogP contribution in [0, 0.1) is 0 Å². The van der Waals surface area contributed by atoms with E-state index >= 15 is 0 Å². The van der Waals surface area contributed by atoms with Gasteiger partial charge in [0.15, 0.2) is 0 Å². The van der Waals surface area contributed by atoms with E-state index in [-0.39, 0.29) is 0 Å². The number of rotatable bonds is 4. The first-order chi connectivity index (χ1) is 8.63. The molecule has 0 unspecified atom stereocenters. The van der Waals surface area contributed by atoms with Crippen molar-refractivity contribution in [1.82, 2.24) is 4.57 Å². The molecule has 94 valence electrons. The highest BCUT2D eigenvalue weighted by Gasteiger charge is 2.14. The summed E-state index contributed by atoms with van der Waals surface area (Å²) >= 11 is 3.39. The normalized spacial score (nSPS) is 10.6. The van der Waals surface area contributed by atoms with Gasteiger partial charge in [0, 0.05) is 16.7 Å². The molecule has 1 N–H and O–H groups in total. The van der Waals surface area contributed by atoms with Crippen LogP contribution in [0.25, 0.3) is 11.3 Å². The highest BCUT2D eigenvalue weighted by Crippen LogP contribution is 2.25. The van der Waals surface area contributed by atoms with Crippen molar-refractivity contribution in [2.75, 3.05) is 0 Å². The molecule has 0 spiro atoms. The molecule has 1 heterocycles. The highest BCUT2D eigenvalue weighted by atomic mass is 79.9. The molecule has 2 aromatic rings. The second-order valence-corrected chi connectivity index (χ2v) is 4.98. The maximum Gasteiger partial charge on any atom is 0.352 e. The molecular formula is C14H14BrNO2. The van der Waals surface area contributed by atoms with Gasteiger partial charge in [0.25, 0.3) is 0 Å². The second kappa shape index (κ2) is 5.40. The molecular weight excluding hydrogens is 294 g/mol. The Labute approximate surface area is 114 Å². The van der Waals surface area contributed by atoms with E-state index in [2.05, 4.69) is 15.9 Å².